The molecule has 0 bridgehead atoms. The second kappa shape index (κ2) is 7.38. The van der Waals surface area contributed by atoms with Gasteiger partial charge in [-0.25, -0.2) is 9.13 Å². The molecule has 0 aromatic carbocycles. The third kappa shape index (κ3) is 4.74. The molecule has 0 saturated heterocycles. The van der Waals surface area contributed by atoms with Gasteiger partial charge in [-0.3, -0.25) is 0 Å². The number of hydrogen-bond donors (Lipinski definition) is 0. The minimum Gasteiger partial charge on any atom is -0.870 e. The molecular formula is C11H22N2O3. The van der Waals surface area contributed by atoms with Crippen LogP contribution >= 0.6 is 0 Å². The van der Waals surface area contributed by atoms with E-state index in [2.05, 4.69) is 41.7 Å². The van der Waals surface area contributed by atoms with Crippen LogP contribution in [0, 0.1) is 0 Å². The van der Waals surface area contributed by atoms with Crippen LogP contribution in [0.5, 0.6) is 0 Å². The number of imidazole rings is 1. The van der Waals surface area contributed by atoms with Gasteiger partial charge < -0.3 is 14.9 Å². The zero-order valence-electron chi connectivity index (χ0n) is 10.5. The topological polar surface area (TPSA) is 57.3 Å². The van der Waals surface area contributed by atoms with E-state index in [0.29, 0.717) is 0 Å². The average molecular weight is 230 g/mol. The molecule has 94 valence electrons. The Hall–Kier alpha value is -0.910. The first-order valence-electron chi connectivity index (χ1n) is 5.26. The van der Waals surface area contributed by atoms with Crippen LogP contribution in [0.1, 0.15) is 13.8 Å². The van der Waals surface area contributed by atoms with Crippen LogP contribution < -0.4 is 4.57 Å². The Balaban J connectivity index is 0.00000225. The first kappa shape index (κ1) is 15.1. The van der Waals surface area contributed by atoms with Crippen LogP contribution in [-0.2, 0) is 22.6 Å². The first-order chi connectivity index (χ1) is 7.15. The first-order valence-corrected chi connectivity index (χ1v) is 5.26. The van der Waals surface area contributed by atoms with Crippen molar-refractivity contribution >= 4 is 0 Å². The van der Waals surface area contributed by atoms with Crippen molar-refractivity contribution in [3.05, 3.63) is 18.7 Å². The summed E-state index contributed by atoms with van der Waals surface area (Å²) < 4.78 is 14.7. The Kier molecular flexibility index (Phi) is 6.96. The highest BCUT2D eigenvalue weighted by Gasteiger charge is 2.10. The lowest BCUT2D eigenvalue weighted by molar-refractivity contribution is -0.702. The number of nitrogens with zero attached hydrogens (tertiary/aromatic N) is 2. The quantitative estimate of drug-likeness (QED) is 0.675. The van der Waals surface area contributed by atoms with E-state index >= 15 is 0 Å². The summed E-state index contributed by atoms with van der Waals surface area (Å²) in [4.78, 5) is 0. The van der Waals surface area contributed by atoms with Crippen LogP contribution in [0.2, 0.25) is 0 Å². The summed E-state index contributed by atoms with van der Waals surface area (Å²) in [6.07, 6.45) is 6.66. The summed E-state index contributed by atoms with van der Waals surface area (Å²) in [5.74, 6) is 0. The zero-order chi connectivity index (χ0) is 11.3. The summed E-state index contributed by atoms with van der Waals surface area (Å²) in [7, 11) is 3.46. The normalized spacial score (nSPS) is 14.2. The van der Waals surface area contributed by atoms with E-state index in [-0.39, 0.29) is 17.7 Å². The van der Waals surface area contributed by atoms with Gasteiger partial charge in [0.25, 0.3) is 0 Å². The molecule has 5 nitrogen and oxygen atoms in total. The molecule has 2 unspecified atom stereocenters. The van der Waals surface area contributed by atoms with Gasteiger partial charge in [0.15, 0.2) is 0 Å². The molecule has 0 aliphatic heterocycles. The van der Waals surface area contributed by atoms with E-state index in [1.54, 1.807) is 14.2 Å². The Morgan fingerprint density at radius 2 is 1.81 bits per heavy atom. The standard InChI is InChI=1S/C11H21N2O2.H2O/c1-10(14-3)7-12-5-6-13(9-12)8-11(2)15-4;/h5-6,9-11H,7-8H2,1-4H3;1H2/q+1;/p-1. The molecule has 5 heteroatoms. The number of ether oxygens (including phenoxy) is 2. The molecule has 0 spiro atoms. The average Bonchev–Trinajstić information content (AvgIpc) is 2.65. The molecule has 2 atom stereocenters. The number of hydrogen-bond acceptors (Lipinski definition) is 3. The molecular weight excluding hydrogens is 208 g/mol. The summed E-state index contributed by atoms with van der Waals surface area (Å²) >= 11 is 0. The molecule has 0 aliphatic carbocycles. The van der Waals surface area contributed by atoms with Crippen LogP contribution in [-0.4, -0.2) is 36.5 Å². The van der Waals surface area contributed by atoms with Gasteiger partial charge in [-0.2, -0.15) is 0 Å². The predicted octanol–water partition coefficient (Wildman–Crippen LogP) is 0.669. The zero-order valence-corrected chi connectivity index (χ0v) is 10.5. The van der Waals surface area contributed by atoms with E-state index in [1.165, 1.54) is 0 Å². The van der Waals surface area contributed by atoms with Crippen LogP contribution in [0.25, 0.3) is 0 Å². The smallest absolute Gasteiger partial charge is 0.243 e. The fourth-order valence-electron chi connectivity index (χ4n) is 1.40. The van der Waals surface area contributed by atoms with Crippen molar-refractivity contribution < 1.29 is 19.5 Å². The maximum absolute atomic E-state index is 5.21. The Morgan fingerprint density at radius 1 is 1.19 bits per heavy atom. The van der Waals surface area contributed by atoms with E-state index in [9.17, 15) is 0 Å². The SMILES string of the molecule is COC(C)Cn1cc[n+](CC(C)OC)c1.[OH-]. The van der Waals surface area contributed by atoms with Crippen molar-refractivity contribution in [1.82, 2.24) is 4.57 Å². The van der Waals surface area contributed by atoms with E-state index < -0.39 is 0 Å². The Labute approximate surface area is 96.9 Å². The Morgan fingerprint density at radius 3 is 2.38 bits per heavy atom. The summed E-state index contributed by atoms with van der Waals surface area (Å²) in [5, 5.41) is 0. The minimum atomic E-state index is 0. The van der Waals surface area contributed by atoms with Gasteiger partial charge in [0, 0.05) is 14.2 Å². The van der Waals surface area contributed by atoms with E-state index in [1.807, 2.05) is 0 Å². The van der Waals surface area contributed by atoms with Gasteiger partial charge in [0.2, 0.25) is 6.33 Å². The van der Waals surface area contributed by atoms with Gasteiger partial charge >= 0.3 is 0 Å². The largest absolute Gasteiger partial charge is 0.870 e. The lowest BCUT2D eigenvalue weighted by Gasteiger charge is -2.06. The molecule has 1 aromatic heterocycles. The Bertz CT molecular complexity index is 262. The molecule has 0 saturated carbocycles. The maximum atomic E-state index is 5.21. The van der Waals surface area contributed by atoms with Crippen molar-refractivity contribution in [3.8, 4) is 0 Å². The summed E-state index contributed by atoms with van der Waals surface area (Å²) in [6.45, 7) is 5.87. The molecule has 0 aliphatic rings. The lowest BCUT2D eigenvalue weighted by atomic mass is 10.4. The van der Waals surface area contributed by atoms with Crippen LogP contribution in [0.15, 0.2) is 18.7 Å². The third-order valence-electron chi connectivity index (χ3n) is 2.49. The fourth-order valence-corrected chi connectivity index (χ4v) is 1.40. The maximum Gasteiger partial charge on any atom is 0.243 e. The molecule has 1 aromatic rings. The summed E-state index contributed by atoms with van der Waals surface area (Å²) in [6, 6.07) is 0. The second-order valence-electron chi connectivity index (χ2n) is 3.90. The van der Waals surface area contributed by atoms with Crippen molar-refractivity contribution in [2.75, 3.05) is 14.2 Å². The van der Waals surface area contributed by atoms with Crippen LogP contribution in [0.4, 0.5) is 0 Å². The number of methoxy groups -OCH3 is 2. The predicted molar refractivity (Wildman–Crippen MR) is 59.5 cm³/mol. The van der Waals surface area contributed by atoms with Crippen molar-refractivity contribution in [1.29, 1.82) is 0 Å². The van der Waals surface area contributed by atoms with Gasteiger partial charge in [-0.05, 0) is 13.8 Å². The monoisotopic (exact) mass is 230 g/mol. The van der Waals surface area contributed by atoms with Gasteiger partial charge in [0.1, 0.15) is 25.5 Å². The van der Waals surface area contributed by atoms with Crippen molar-refractivity contribution in [2.24, 2.45) is 0 Å². The molecule has 1 heterocycles. The highest BCUT2D eigenvalue weighted by molar-refractivity contribution is 4.68. The van der Waals surface area contributed by atoms with E-state index in [4.69, 9.17) is 9.47 Å². The molecule has 1 rings (SSSR count). The second-order valence-corrected chi connectivity index (χ2v) is 3.90. The number of rotatable bonds is 6. The van der Waals surface area contributed by atoms with Gasteiger partial charge in [-0.1, -0.05) is 0 Å². The van der Waals surface area contributed by atoms with Gasteiger partial charge in [-0.15, -0.1) is 0 Å². The lowest BCUT2D eigenvalue weighted by Crippen LogP contribution is -2.37. The van der Waals surface area contributed by atoms with Crippen LogP contribution in [0.3, 0.4) is 0 Å². The summed E-state index contributed by atoms with van der Waals surface area (Å²) in [5.41, 5.74) is 0. The van der Waals surface area contributed by atoms with Crippen molar-refractivity contribution in [2.45, 2.75) is 39.1 Å². The highest BCUT2D eigenvalue weighted by atomic mass is 16.5. The fraction of sp³-hybridized carbons (Fsp3) is 0.727. The molecule has 0 fully saturated rings. The molecule has 1 N–H and O–H groups in total. The number of aromatic nitrogens is 2. The molecule has 16 heavy (non-hydrogen) atoms. The highest BCUT2D eigenvalue weighted by Crippen LogP contribution is 1.95. The van der Waals surface area contributed by atoms with Gasteiger partial charge in [0.05, 0.1) is 12.2 Å². The molecule has 0 radical (unpaired) electrons. The molecule has 0 amide bonds. The van der Waals surface area contributed by atoms with Crippen molar-refractivity contribution in [3.63, 3.8) is 0 Å². The third-order valence-corrected chi connectivity index (χ3v) is 2.49. The minimum absolute atomic E-state index is 0. The van der Waals surface area contributed by atoms with E-state index in [0.717, 1.165) is 13.1 Å².